The maximum absolute atomic E-state index is 10.3. The molecule has 0 radical (unpaired) electrons. The molecule has 1 aromatic carbocycles. The first-order chi connectivity index (χ1) is 6.56. The second kappa shape index (κ2) is 3.87. The van der Waals surface area contributed by atoms with Gasteiger partial charge in [-0.1, -0.05) is 0 Å². The van der Waals surface area contributed by atoms with Crippen molar-refractivity contribution in [2.75, 3.05) is 0 Å². The Morgan fingerprint density at radius 1 is 1.50 bits per heavy atom. The van der Waals surface area contributed by atoms with Gasteiger partial charge in [-0.3, -0.25) is 10.1 Å². The smallest absolute Gasteiger partial charge is 0.423 e. The second-order valence-corrected chi connectivity index (χ2v) is 2.51. The molecule has 0 spiro atoms. The molecule has 0 aliphatic heterocycles. The third-order valence-corrected chi connectivity index (χ3v) is 1.64. The minimum atomic E-state index is -1.88. The summed E-state index contributed by atoms with van der Waals surface area (Å²) in [6.07, 6.45) is 0. The first kappa shape index (κ1) is 10.2. The van der Waals surface area contributed by atoms with Gasteiger partial charge < -0.3 is 10.0 Å². The van der Waals surface area contributed by atoms with Gasteiger partial charge in [-0.15, -0.1) is 0 Å². The van der Waals surface area contributed by atoms with Gasteiger partial charge >= 0.3 is 7.12 Å². The fraction of sp³-hybridized carbons (Fsp3) is 0. The lowest BCUT2D eigenvalue weighted by Gasteiger charge is -2.01. The molecule has 0 atom stereocenters. The third kappa shape index (κ3) is 1.88. The number of nitriles is 1. The summed E-state index contributed by atoms with van der Waals surface area (Å²) < 4.78 is 0. The summed E-state index contributed by atoms with van der Waals surface area (Å²) in [7, 11) is -1.88. The average Bonchev–Trinajstić information content (AvgIpc) is 2.16. The van der Waals surface area contributed by atoms with E-state index in [1.165, 1.54) is 6.07 Å². The van der Waals surface area contributed by atoms with Crippen molar-refractivity contribution in [2.45, 2.75) is 0 Å². The summed E-state index contributed by atoms with van der Waals surface area (Å²) in [4.78, 5) is 9.66. The molecule has 0 heterocycles. The largest absolute Gasteiger partial charge is 0.490 e. The Kier molecular flexibility index (Phi) is 2.81. The first-order valence-electron chi connectivity index (χ1n) is 3.61. The third-order valence-electron chi connectivity index (χ3n) is 1.64. The van der Waals surface area contributed by atoms with E-state index in [1.807, 2.05) is 0 Å². The molecule has 6 nitrogen and oxygen atoms in total. The number of non-ortho nitro benzene ring substituents is 1. The zero-order valence-corrected chi connectivity index (χ0v) is 6.91. The molecule has 0 aliphatic carbocycles. The molecule has 0 fully saturated rings. The van der Waals surface area contributed by atoms with E-state index in [0.29, 0.717) is 0 Å². The number of rotatable bonds is 2. The summed E-state index contributed by atoms with van der Waals surface area (Å²) >= 11 is 0. The highest BCUT2D eigenvalue weighted by Gasteiger charge is 2.19. The van der Waals surface area contributed by atoms with Crippen molar-refractivity contribution < 1.29 is 15.0 Å². The molecule has 0 bridgehead atoms. The fourth-order valence-corrected chi connectivity index (χ4v) is 0.979. The van der Waals surface area contributed by atoms with Crippen molar-refractivity contribution in [2.24, 2.45) is 0 Å². The monoisotopic (exact) mass is 192 g/mol. The van der Waals surface area contributed by atoms with Crippen molar-refractivity contribution in [3.63, 3.8) is 0 Å². The van der Waals surface area contributed by atoms with Gasteiger partial charge in [0.1, 0.15) is 0 Å². The lowest BCUT2D eigenvalue weighted by molar-refractivity contribution is -0.384. The van der Waals surface area contributed by atoms with Gasteiger partial charge in [0.05, 0.1) is 16.6 Å². The lowest BCUT2D eigenvalue weighted by atomic mass is 9.77. The zero-order chi connectivity index (χ0) is 10.7. The van der Waals surface area contributed by atoms with Crippen LogP contribution >= 0.6 is 0 Å². The molecule has 1 aromatic rings. The van der Waals surface area contributed by atoms with Crippen LogP contribution in [0.15, 0.2) is 18.2 Å². The van der Waals surface area contributed by atoms with Gasteiger partial charge in [-0.25, -0.2) is 0 Å². The van der Waals surface area contributed by atoms with E-state index in [0.717, 1.165) is 12.1 Å². The number of nitro benzene ring substituents is 1. The van der Waals surface area contributed by atoms with Crippen molar-refractivity contribution in [3.8, 4) is 6.07 Å². The molecule has 7 heteroatoms. The summed E-state index contributed by atoms with van der Waals surface area (Å²) in [6, 6.07) is 4.96. The topological polar surface area (TPSA) is 107 Å². The number of nitrogens with zero attached hydrogens (tertiary/aromatic N) is 2. The molecule has 70 valence electrons. The number of hydrogen-bond donors (Lipinski definition) is 2. The van der Waals surface area contributed by atoms with Crippen molar-refractivity contribution in [1.82, 2.24) is 0 Å². The van der Waals surface area contributed by atoms with Gasteiger partial charge in [-0.05, 0) is 6.07 Å². The maximum atomic E-state index is 10.3. The van der Waals surface area contributed by atoms with E-state index in [2.05, 4.69) is 0 Å². The fourth-order valence-electron chi connectivity index (χ4n) is 0.979. The molecule has 14 heavy (non-hydrogen) atoms. The van der Waals surface area contributed by atoms with Crippen molar-refractivity contribution >= 4 is 18.3 Å². The second-order valence-electron chi connectivity index (χ2n) is 2.51. The Morgan fingerprint density at radius 2 is 2.14 bits per heavy atom. The Labute approximate surface area is 79.3 Å². The van der Waals surface area contributed by atoms with Crippen molar-refractivity contribution in [3.05, 3.63) is 33.9 Å². The van der Waals surface area contributed by atoms with E-state index in [1.54, 1.807) is 6.07 Å². The standard InChI is InChI=1S/C7H5BN2O4/c9-4-5-1-2-6(10(13)14)3-7(5)8(11)12/h1-3,11-12H. The van der Waals surface area contributed by atoms with Gasteiger partial charge in [0.2, 0.25) is 0 Å². The Balaban J connectivity index is 3.29. The summed E-state index contributed by atoms with van der Waals surface area (Å²) in [5, 5.41) is 36.5. The quantitative estimate of drug-likeness (QED) is 0.360. The van der Waals surface area contributed by atoms with Gasteiger partial charge in [0.25, 0.3) is 5.69 Å². The molecule has 0 saturated heterocycles. The van der Waals surface area contributed by atoms with E-state index in [9.17, 15) is 10.1 Å². The van der Waals surface area contributed by atoms with Gasteiger partial charge in [0.15, 0.2) is 0 Å². The van der Waals surface area contributed by atoms with Crippen LogP contribution in [-0.4, -0.2) is 22.1 Å². The van der Waals surface area contributed by atoms with E-state index in [4.69, 9.17) is 15.3 Å². The highest BCUT2D eigenvalue weighted by Crippen LogP contribution is 2.09. The Bertz CT molecular complexity index is 413. The highest BCUT2D eigenvalue weighted by atomic mass is 16.6. The summed E-state index contributed by atoms with van der Waals surface area (Å²) in [6.45, 7) is 0. The molecule has 0 unspecified atom stereocenters. The predicted octanol–water partition coefficient (Wildman–Crippen LogP) is -0.854. The molecular formula is C7H5BN2O4. The SMILES string of the molecule is N#Cc1ccc([N+](=O)[O-])cc1B(O)O. The minimum Gasteiger partial charge on any atom is -0.423 e. The maximum Gasteiger partial charge on any atom is 0.490 e. The van der Waals surface area contributed by atoms with Crippen molar-refractivity contribution in [1.29, 1.82) is 5.26 Å². The summed E-state index contributed by atoms with van der Waals surface area (Å²) in [5.41, 5.74) is -0.445. The van der Waals surface area contributed by atoms with Crippen LogP contribution in [0.5, 0.6) is 0 Å². The van der Waals surface area contributed by atoms with Gasteiger partial charge in [0, 0.05) is 17.6 Å². The van der Waals surface area contributed by atoms with Crippen LogP contribution in [0.3, 0.4) is 0 Å². The molecule has 0 saturated carbocycles. The van der Waals surface area contributed by atoms with Crippen LogP contribution in [0.4, 0.5) is 5.69 Å². The van der Waals surface area contributed by atoms with Gasteiger partial charge in [-0.2, -0.15) is 5.26 Å². The lowest BCUT2D eigenvalue weighted by Crippen LogP contribution is -2.32. The molecule has 1 rings (SSSR count). The van der Waals surface area contributed by atoms with Crippen LogP contribution in [0.1, 0.15) is 5.56 Å². The predicted molar refractivity (Wildman–Crippen MR) is 47.6 cm³/mol. The molecule has 0 amide bonds. The van der Waals surface area contributed by atoms with Crippen LogP contribution in [0.25, 0.3) is 0 Å². The average molecular weight is 192 g/mol. The zero-order valence-electron chi connectivity index (χ0n) is 6.91. The number of hydrogen-bond acceptors (Lipinski definition) is 5. The van der Waals surface area contributed by atoms with Crippen LogP contribution in [0, 0.1) is 21.4 Å². The highest BCUT2D eigenvalue weighted by molar-refractivity contribution is 6.59. The number of nitro groups is 1. The molecule has 2 N–H and O–H groups in total. The molecule has 0 aliphatic rings. The van der Waals surface area contributed by atoms with Crippen LogP contribution in [-0.2, 0) is 0 Å². The molecule has 0 aromatic heterocycles. The minimum absolute atomic E-state index is 0.00519. The first-order valence-corrected chi connectivity index (χ1v) is 3.61. The molecular weight excluding hydrogens is 187 g/mol. The van der Waals surface area contributed by atoms with E-state index in [-0.39, 0.29) is 16.7 Å². The van der Waals surface area contributed by atoms with E-state index < -0.39 is 12.0 Å². The summed E-state index contributed by atoms with van der Waals surface area (Å²) in [5.74, 6) is 0. The van der Waals surface area contributed by atoms with E-state index >= 15 is 0 Å². The Morgan fingerprint density at radius 3 is 2.57 bits per heavy atom. The van der Waals surface area contributed by atoms with Crippen LogP contribution < -0.4 is 5.46 Å². The normalized spacial score (nSPS) is 9.21. The van der Waals surface area contributed by atoms with Crippen LogP contribution in [0.2, 0.25) is 0 Å². The Hall–Kier alpha value is -1.91. The number of benzene rings is 1.